The van der Waals surface area contributed by atoms with E-state index in [9.17, 15) is 15.0 Å². The fraction of sp³-hybridized carbons (Fsp3) is 0.588. The molecule has 3 N–H and O–H groups in total. The van der Waals surface area contributed by atoms with E-state index in [0.717, 1.165) is 31.2 Å². The van der Waals surface area contributed by atoms with Gasteiger partial charge in [-0.3, -0.25) is 4.79 Å². The van der Waals surface area contributed by atoms with Crippen LogP contribution >= 0.6 is 0 Å². The Morgan fingerprint density at radius 1 is 1.33 bits per heavy atom. The summed E-state index contributed by atoms with van der Waals surface area (Å²) in [7, 11) is 0. The van der Waals surface area contributed by atoms with Crippen LogP contribution in [0.5, 0.6) is 5.75 Å². The highest BCUT2D eigenvalue weighted by Crippen LogP contribution is 2.49. The fourth-order valence-electron chi connectivity index (χ4n) is 4.33. The number of phenols is 1. The van der Waals surface area contributed by atoms with Crippen molar-refractivity contribution in [2.75, 3.05) is 0 Å². The second kappa shape index (κ2) is 5.68. The van der Waals surface area contributed by atoms with Gasteiger partial charge in [0.1, 0.15) is 5.75 Å². The smallest absolute Gasteiger partial charge is 0.308 e. The highest BCUT2D eigenvalue weighted by atomic mass is 16.4. The van der Waals surface area contributed by atoms with Gasteiger partial charge in [0.25, 0.3) is 0 Å². The summed E-state index contributed by atoms with van der Waals surface area (Å²) in [6.45, 7) is 2.06. The Hall–Kier alpha value is -1.55. The van der Waals surface area contributed by atoms with Crippen molar-refractivity contribution in [3.8, 4) is 5.75 Å². The molecule has 2 saturated carbocycles. The number of para-hydroxylation sites is 1. The number of phenolic OH excluding ortho intramolecular Hbond substituents is 1. The van der Waals surface area contributed by atoms with Crippen LogP contribution in [0.2, 0.25) is 0 Å². The molecule has 2 bridgehead atoms. The number of fused-ring (bicyclic) bond motifs is 2. The number of carboxylic acid groups (broad SMARTS) is 1. The summed E-state index contributed by atoms with van der Waals surface area (Å²) in [5.74, 6) is 0.130. The van der Waals surface area contributed by atoms with Crippen LogP contribution in [0.3, 0.4) is 0 Å². The maximum atomic E-state index is 11.6. The van der Waals surface area contributed by atoms with Crippen molar-refractivity contribution in [3.05, 3.63) is 29.8 Å². The minimum atomic E-state index is -0.674. The van der Waals surface area contributed by atoms with E-state index >= 15 is 0 Å². The molecule has 0 spiro atoms. The molecule has 2 aliphatic rings. The Balaban J connectivity index is 1.81. The van der Waals surface area contributed by atoms with Gasteiger partial charge in [-0.05, 0) is 43.6 Å². The molecule has 0 aliphatic heterocycles. The zero-order chi connectivity index (χ0) is 15.0. The average molecular weight is 289 g/mol. The number of hydrogen-bond acceptors (Lipinski definition) is 3. The van der Waals surface area contributed by atoms with E-state index in [1.54, 1.807) is 6.07 Å². The maximum absolute atomic E-state index is 11.6. The first-order valence-electron chi connectivity index (χ1n) is 7.88. The second-order valence-electron chi connectivity index (χ2n) is 6.41. The molecule has 2 aliphatic carbocycles. The van der Waals surface area contributed by atoms with Crippen molar-refractivity contribution in [1.82, 2.24) is 5.32 Å². The summed E-state index contributed by atoms with van der Waals surface area (Å²) in [6.07, 6.45) is 4.04. The SMILES string of the molecule is CCC(NC1C2CCC(C2)C1C(=O)O)c1ccccc1O. The van der Waals surface area contributed by atoms with E-state index < -0.39 is 5.97 Å². The molecule has 114 valence electrons. The molecule has 2 fully saturated rings. The van der Waals surface area contributed by atoms with E-state index in [1.807, 2.05) is 18.2 Å². The van der Waals surface area contributed by atoms with Crippen LogP contribution in [0.25, 0.3) is 0 Å². The number of benzene rings is 1. The molecule has 4 heteroatoms. The number of aliphatic carboxylic acids is 1. The van der Waals surface area contributed by atoms with Gasteiger partial charge in [0, 0.05) is 17.6 Å². The van der Waals surface area contributed by atoms with Gasteiger partial charge in [-0.25, -0.2) is 0 Å². The molecular formula is C17H23NO3. The fourth-order valence-corrected chi connectivity index (χ4v) is 4.33. The van der Waals surface area contributed by atoms with E-state index in [0.29, 0.717) is 11.8 Å². The lowest BCUT2D eigenvalue weighted by Crippen LogP contribution is -2.45. The van der Waals surface area contributed by atoms with Crippen molar-refractivity contribution < 1.29 is 15.0 Å². The second-order valence-corrected chi connectivity index (χ2v) is 6.41. The third kappa shape index (κ3) is 2.53. The van der Waals surface area contributed by atoms with Crippen LogP contribution in [-0.2, 0) is 4.79 Å². The number of rotatable bonds is 5. The first kappa shape index (κ1) is 14.4. The molecule has 5 atom stereocenters. The van der Waals surface area contributed by atoms with Gasteiger partial charge in [0.05, 0.1) is 5.92 Å². The molecule has 3 rings (SSSR count). The predicted molar refractivity (Wildman–Crippen MR) is 80.0 cm³/mol. The summed E-state index contributed by atoms with van der Waals surface area (Å²) in [5.41, 5.74) is 0.868. The predicted octanol–water partition coefficient (Wildman–Crippen LogP) is 2.93. The molecular weight excluding hydrogens is 266 g/mol. The normalized spacial score (nSPS) is 32.2. The Bertz CT molecular complexity index is 531. The van der Waals surface area contributed by atoms with Crippen molar-refractivity contribution in [2.45, 2.75) is 44.7 Å². The Kier molecular flexibility index (Phi) is 3.89. The highest BCUT2D eigenvalue weighted by Gasteiger charge is 2.51. The van der Waals surface area contributed by atoms with E-state index in [-0.39, 0.29) is 23.8 Å². The first-order valence-corrected chi connectivity index (χ1v) is 7.88. The summed E-state index contributed by atoms with van der Waals surface area (Å²) in [6, 6.07) is 7.37. The summed E-state index contributed by atoms with van der Waals surface area (Å²) >= 11 is 0. The average Bonchev–Trinajstić information content (AvgIpc) is 3.06. The molecule has 0 heterocycles. The van der Waals surface area contributed by atoms with Crippen LogP contribution in [-0.4, -0.2) is 22.2 Å². The van der Waals surface area contributed by atoms with Crippen LogP contribution in [0.4, 0.5) is 0 Å². The number of nitrogens with one attached hydrogen (secondary N) is 1. The highest BCUT2D eigenvalue weighted by molar-refractivity contribution is 5.72. The number of aromatic hydroxyl groups is 1. The van der Waals surface area contributed by atoms with Crippen molar-refractivity contribution >= 4 is 5.97 Å². The molecule has 0 radical (unpaired) electrons. The van der Waals surface area contributed by atoms with E-state index in [1.165, 1.54) is 0 Å². The minimum absolute atomic E-state index is 0.0115. The van der Waals surface area contributed by atoms with Gasteiger partial charge >= 0.3 is 5.97 Å². The molecule has 5 unspecified atom stereocenters. The lowest BCUT2D eigenvalue weighted by atomic mass is 9.83. The van der Waals surface area contributed by atoms with Crippen molar-refractivity contribution in [1.29, 1.82) is 0 Å². The van der Waals surface area contributed by atoms with Crippen LogP contribution in [0, 0.1) is 17.8 Å². The zero-order valence-electron chi connectivity index (χ0n) is 12.3. The van der Waals surface area contributed by atoms with Crippen molar-refractivity contribution in [2.24, 2.45) is 17.8 Å². The molecule has 0 aromatic heterocycles. The number of hydrogen-bond donors (Lipinski definition) is 3. The molecule has 0 saturated heterocycles. The van der Waals surface area contributed by atoms with Crippen LogP contribution in [0.1, 0.15) is 44.2 Å². The Morgan fingerprint density at radius 2 is 2.05 bits per heavy atom. The summed E-state index contributed by atoms with van der Waals surface area (Å²) in [5, 5.41) is 23.1. The summed E-state index contributed by atoms with van der Waals surface area (Å²) in [4.78, 5) is 11.6. The first-order chi connectivity index (χ1) is 10.1. The van der Waals surface area contributed by atoms with Gasteiger partial charge in [-0.15, -0.1) is 0 Å². The van der Waals surface area contributed by atoms with Gasteiger partial charge in [-0.2, -0.15) is 0 Å². The molecule has 1 aromatic rings. The number of carboxylic acids is 1. The largest absolute Gasteiger partial charge is 0.508 e. The van der Waals surface area contributed by atoms with Crippen LogP contribution < -0.4 is 5.32 Å². The minimum Gasteiger partial charge on any atom is -0.508 e. The van der Waals surface area contributed by atoms with Gasteiger partial charge in [0.15, 0.2) is 0 Å². The van der Waals surface area contributed by atoms with Gasteiger partial charge in [-0.1, -0.05) is 25.1 Å². The molecule has 4 nitrogen and oxygen atoms in total. The molecule has 0 amide bonds. The third-order valence-electron chi connectivity index (χ3n) is 5.32. The maximum Gasteiger partial charge on any atom is 0.308 e. The number of carbonyl (C=O) groups is 1. The van der Waals surface area contributed by atoms with Gasteiger partial charge in [0.2, 0.25) is 0 Å². The topological polar surface area (TPSA) is 69.6 Å². The van der Waals surface area contributed by atoms with Crippen molar-refractivity contribution in [3.63, 3.8) is 0 Å². The standard InChI is InChI=1S/C17H23NO3/c1-2-13(12-5-3-4-6-14(12)19)18-16-11-8-7-10(9-11)15(16)17(20)21/h3-6,10-11,13,15-16,18-19H,2,7-9H2,1H3,(H,20,21). The lowest BCUT2D eigenvalue weighted by molar-refractivity contribution is -0.144. The van der Waals surface area contributed by atoms with E-state index in [4.69, 9.17) is 0 Å². The Labute approximate surface area is 125 Å². The monoisotopic (exact) mass is 289 g/mol. The third-order valence-corrected chi connectivity index (χ3v) is 5.32. The lowest BCUT2D eigenvalue weighted by Gasteiger charge is -2.33. The molecule has 1 aromatic carbocycles. The van der Waals surface area contributed by atoms with Gasteiger partial charge < -0.3 is 15.5 Å². The summed E-state index contributed by atoms with van der Waals surface area (Å²) < 4.78 is 0. The van der Waals surface area contributed by atoms with E-state index in [2.05, 4.69) is 12.2 Å². The zero-order valence-corrected chi connectivity index (χ0v) is 12.3. The van der Waals surface area contributed by atoms with Crippen LogP contribution in [0.15, 0.2) is 24.3 Å². The Morgan fingerprint density at radius 3 is 2.71 bits per heavy atom. The quantitative estimate of drug-likeness (QED) is 0.779. The molecule has 21 heavy (non-hydrogen) atoms.